The molecule has 1 N–H and O–H groups in total. The van der Waals surface area contributed by atoms with E-state index >= 15 is 0 Å². The minimum absolute atomic E-state index is 0.232. The molecule has 0 spiro atoms. The number of hydrogen-bond donors (Lipinski definition) is 1. The second kappa shape index (κ2) is 8.26. The number of halogens is 1. The molecule has 1 heterocycles. The molecule has 1 atom stereocenters. The third-order valence-electron chi connectivity index (χ3n) is 4.33. The van der Waals surface area contributed by atoms with Gasteiger partial charge in [0.2, 0.25) is 6.54 Å². The highest BCUT2D eigenvalue weighted by Gasteiger charge is 2.25. The van der Waals surface area contributed by atoms with Gasteiger partial charge in [-0.15, -0.1) is 0 Å². The van der Waals surface area contributed by atoms with Gasteiger partial charge in [0, 0.05) is 22.0 Å². The molecule has 0 unspecified atom stereocenters. The Morgan fingerprint density at radius 3 is 2.85 bits per heavy atom. The monoisotopic (exact) mass is 430 g/mol. The summed E-state index contributed by atoms with van der Waals surface area (Å²) >= 11 is 3.50. The highest BCUT2D eigenvalue weighted by atomic mass is 79.9. The molecule has 6 nitrogen and oxygen atoms in total. The molecule has 1 aromatic heterocycles. The average molecular weight is 431 g/mol. The summed E-state index contributed by atoms with van der Waals surface area (Å²) in [4.78, 5) is 14.3. The number of nitro groups is 1. The number of nitrogens with one attached hydrogen (secondary N) is 1. The van der Waals surface area contributed by atoms with Gasteiger partial charge >= 0.3 is 0 Å². The number of hydrogen-bond acceptors (Lipinski definition) is 4. The molecule has 0 amide bonds. The summed E-state index contributed by atoms with van der Waals surface area (Å²) in [6.07, 6.45) is 3.47. The van der Waals surface area contributed by atoms with Crippen molar-refractivity contribution in [3.8, 4) is 11.5 Å². The number of rotatable bonds is 8. The van der Waals surface area contributed by atoms with Crippen LogP contribution in [0.1, 0.15) is 17.0 Å². The van der Waals surface area contributed by atoms with Gasteiger partial charge in [0.25, 0.3) is 0 Å². The fourth-order valence-electron chi connectivity index (χ4n) is 3.14. The van der Waals surface area contributed by atoms with E-state index in [9.17, 15) is 10.1 Å². The van der Waals surface area contributed by atoms with Crippen molar-refractivity contribution in [3.05, 3.63) is 81.0 Å². The number of benzene rings is 2. The molecular weight excluding hydrogens is 412 g/mol. The van der Waals surface area contributed by atoms with Gasteiger partial charge in [-0.2, -0.15) is 0 Å². The van der Waals surface area contributed by atoms with E-state index in [2.05, 4.69) is 27.5 Å². The van der Waals surface area contributed by atoms with Crippen LogP contribution in [0.3, 0.4) is 0 Å². The predicted octanol–water partition coefficient (Wildman–Crippen LogP) is 4.91. The van der Waals surface area contributed by atoms with E-state index in [0.29, 0.717) is 22.6 Å². The standard InChI is InChI=1S/C20H19BrN2O4/c1-3-8-27-20-17(21)9-13(10-19(20)26-2)16(12-23(24)25)15-11-22-18-7-5-4-6-14(15)18/h3-7,9-11,16,22H,1,8,12H2,2H3/t16-/m1/s1. The van der Waals surface area contributed by atoms with Crippen LogP contribution in [0.2, 0.25) is 0 Å². The Bertz CT molecular complexity index is 983. The van der Waals surface area contributed by atoms with Crippen molar-refractivity contribution in [1.29, 1.82) is 0 Å². The van der Waals surface area contributed by atoms with E-state index < -0.39 is 5.92 Å². The molecule has 0 fully saturated rings. The Labute approximate surface area is 165 Å². The largest absolute Gasteiger partial charge is 0.493 e. The number of H-pyrrole nitrogens is 1. The second-order valence-electron chi connectivity index (χ2n) is 5.99. The Morgan fingerprint density at radius 2 is 2.15 bits per heavy atom. The number of nitrogens with zero attached hydrogens (tertiary/aromatic N) is 1. The number of ether oxygens (including phenoxy) is 2. The van der Waals surface area contributed by atoms with Crippen molar-refractivity contribution < 1.29 is 14.4 Å². The maximum Gasteiger partial charge on any atom is 0.214 e. The minimum Gasteiger partial charge on any atom is -0.493 e. The lowest BCUT2D eigenvalue weighted by Gasteiger charge is -2.18. The van der Waals surface area contributed by atoms with Gasteiger partial charge in [0.15, 0.2) is 11.5 Å². The second-order valence-corrected chi connectivity index (χ2v) is 6.85. The molecule has 3 rings (SSSR count). The zero-order valence-corrected chi connectivity index (χ0v) is 16.4. The first kappa shape index (κ1) is 19.0. The molecule has 0 radical (unpaired) electrons. The van der Waals surface area contributed by atoms with Gasteiger partial charge in [-0.25, -0.2) is 0 Å². The highest BCUT2D eigenvalue weighted by molar-refractivity contribution is 9.10. The third kappa shape index (κ3) is 3.98. The van der Waals surface area contributed by atoms with Crippen molar-refractivity contribution in [2.24, 2.45) is 0 Å². The summed E-state index contributed by atoms with van der Waals surface area (Å²) in [5.74, 6) is 0.615. The molecule has 0 aliphatic heterocycles. The fourth-order valence-corrected chi connectivity index (χ4v) is 3.71. The Hall–Kier alpha value is -2.80. The third-order valence-corrected chi connectivity index (χ3v) is 4.92. The molecule has 0 aliphatic rings. The first-order valence-electron chi connectivity index (χ1n) is 8.34. The van der Waals surface area contributed by atoms with Crippen molar-refractivity contribution in [2.75, 3.05) is 20.3 Å². The van der Waals surface area contributed by atoms with E-state index in [0.717, 1.165) is 22.0 Å². The average Bonchev–Trinajstić information content (AvgIpc) is 3.08. The lowest BCUT2D eigenvalue weighted by molar-refractivity contribution is -0.481. The van der Waals surface area contributed by atoms with Crippen LogP contribution in [0, 0.1) is 10.1 Å². The zero-order chi connectivity index (χ0) is 19.4. The topological polar surface area (TPSA) is 77.4 Å². The maximum absolute atomic E-state index is 11.4. The molecular formula is C20H19BrN2O4. The van der Waals surface area contributed by atoms with E-state index in [1.807, 2.05) is 36.5 Å². The Kier molecular flexibility index (Phi) is 5.81. The summed E-state index contributed by atoms with van der Waals surface area (Å²) in [5.41, 5.74) is 2.58. The van der Waals surface area contributed by atoms with Crippen molar-refractivity contribution in [1.82, 2.24) is 4.98 Å². The molecule has 0 aliphatic carbocycles. The summed E-state index contributed by atoms with van der Waals surface area (Å²) in [7, 11) is 1.54. The Morgan fingerprint density at radius 1 is 1.37 bits per heavy atom. The molecule has 2 aromatic carbocycles. The molecule has 0 saturated heterocycles. The SMILES string of the molecule is C=CCOc1c(Br)cc([C@@H](C[N+](=O)[O-])c2c[nH]c3ccccc23)cc1OC. The molecule has 140 valence electrons. The van der Waals surface area contributed by atoms with Crippen molar-refractivity contribution >= 4 is 26.8 Å². The number of fused-ring (bicyclic) bond motifs is 1. The van der Waals surface area contributed by atoms with Gasteiger partial charge in [-0.05, 0) is 45.3 Å². The van der Waals surface area contributed by atoms with E-state index in [-0.39, 0.29) is 11.5 Å². The van der Waals surface area contributed by atoms with Crippen LogP contribution in [0.15, 0.2) is 59.7 Å². The lowest BCUT2D eigenvalue weighted by atomic mass is 9.90. The summed E-state index contributed by atoms with van der Waals surface area (Å²) in [6, 6.07) is 11.4. The van der Waals surface area contributed by atoms with E-state index in [4.69, 9.17) is 9.47 Å². The van der Waals surface area contributed by atoms with E-state index in [1.54, 1.807) is 19.3 Å². The fraction of sp³-hybridized carbons (Fsp3) is 0.200. The maximum atomic E-state index is 11.4. The van der Waals surface area contributed by atoms with Gasteiger partial charge in [0.05, 0.1) is 17.5 Å². The zero-order valence-electron chi connectivity index (χ0n) is 14.8. The van der Waals surface area contributed by atoms with Crippen molar-refractivity contribution in [3.63, 3.8) is 0 Å². The Balaban J connectivity index is 2.12. The van der Waals surface area contributed by atoms with E-state index in [1.165, 1.54) is 0 Å². The summed E-state index contributed by atoms with van der Waals surface area (Å²) in [5, 5.41) is 12.3. The minimum atomic E-state index is -0.435. The first-order chi connectivity index (χ1) is 13.0. The van der Waals surface area contributed by atoms with Crippen LogP contribution in [-0.2, 0) is 0 Å². The van der Waals surface area contributed by atoms with Crippen molar-refractivity contribution in [2.45, 2.75) is 5.92 Å². The highest BCUT2D eigenvalue weighted by Crippen LogP contribution is 2.41. The lowest BCUT2D eigenvalue weighted by Crippen LogP contribution is -2.14. The predicted molar refractivity (Wildman–Crippen MR) is 108 cm³/mol. The van der Waals surface area contributed by atoms with Gasteiger partial charge < -0.3 is 14.5 Å². The molecule has 0 bridgehead atoms. The van der Waals surface area contributed by atoms with Crippen LogP contribution in [0.5, 0.6) is 11.5 Å². The quantitative estimate of drug-likeness (QED) is 0.312. The van der Waals surface area contributed by atoms with Gasteiger partial charge in [0.1, 0.15) is 6.61 Å². The molecule has 0 saturated carbocycles. The van der Waals surface area contributed by atoms with Crippen LogP contribution in [0.4, 0.5) is 0 Å². The summed E-state index contributed by atoms with van der Waals surface area (Å²) in [6.45, 7) is 3.74. The van der Waals surface area contributed by atoms with Gasteiger partial charge in [-0.3, -0.25) is 10.1 Å². The number of para-hydroxylation sites is 1. The smallest absolute Gasteiger partial charge is 0.214 e. The molecule has 7 heteroatoms. The number of methoxy groups -OCH3 is 1. The van der Waals surface area contributed by atoms with Crippen LogP contribution in [-0.4, -0.2) is 30.2 Å². The summed E-state index contributed by atoms with van der Waals surface area (Å²) < 4.78 is 11.8. The van der Waals surface area contributed by atoms with Crippen LogP contribution >= 0.6 is 15.9 Å². The molecule has 27 heavy (non-hydrogen) atoms. The first-order valence-corrected chi connectivity index (χ1v) is 9.13. The number of aromatic nitrogens is 1. The van der Waals surface area contributed by atoms with Crippen LogP contribution < -0.4 is 9.47 Å². The van der Waals surface area contributed by atoms with Gasteiger partial charge in [-0.1, -0.05) is 30.9 Å². The normalized spacial score (nSPS) is 11.9. The molecule has 3 aromatic rings. The van der Waals surface area contributed by atoms with Crippen LogP contribution in [0.25, 0.3) is 10.9 Å². The number of aromatic amines is 1.